The summed E-state index contributed by atoms with van der Waals surface area (Å²) >= 11 is 12.6. The zero-order valence-corrected chi connectivity index (χ0v) is 22.7. The number of likely N-dealkylation sites (tertiary alicyclic amines) is 1. The van der Waals surface area contributed by atoms with Gasteiger partial charge in [0, 0.05) is 35.7 Å². The van der Waals surface area contributed by atoms with Gasteiger partial charge in [0.05, 0.1) is 24.0 Å². The van der Waals surface area contributed by atoms with Gasteiger partial charge in [-0.25, -0.2) is 15.0 Å². The Kier molecular flexibility index (Phi) is 6.32. The molecule has 3 aliphatic rings. The zero-order valence-electron chi connectivity index (χ0n) is 21.1. The highest BCUT2D eigenvalue weighted by molar-refractivity contribution is 6.35. The molecule has 0 unspecified atom stereocenters. The topological polar surface area (TPSA) is 87.4 Å². The van der Waals surface area contributed by atoms with Gasteiger partial charge in [-0.2, -0.15) is 0 Å². The molecular formula is C27H32Cl2N6O2. The van der Waals surface area contributed by atoms with E-state index in [1.54, 1.807) is 12.4 Å². The third kappa shape index (κ3) is 4.47. The number of nitrogens with zero attached hydrogens (tertiary/aromatic N) is 6. The molecule has 0 bridgehead atoms. The highest BCUT2D eigenvalue weighted by atomic mass is 35.5. The van der Waals surface area contributed by atoms with E-state index in [0.717, 1.165) is 56.0 Å². The predicted octanol–water partition coefficient (Wildman–Crippen LogP) is 5.14. The monoisotopic (exact) mass is 542 g/mol. The second-order valence-electron chi connectivity index (χ2n) is 11.4. The normalized spacial score (nSPS) is 27.6. The highest BCUT2D eigenvalue weighted by Gasteiger charge is 2.49. The van der Waals surface area contributed by atoms with E-state index in [1.807, 2.05) is 29.8 Å². The van der Waals surface area contributed by atoms with E-state index in [-0.39, 0.29) is 6.04 Å². The van der Waals surface area contributed by atoms with Crippen LogP contribution in [0, 0.1) is 17.3 Å². The van der Waals surface area contributed by atoms with E-state index < -0.39 is 11.4 Å². The van der Waals surface area contributed by atoms with Crippen molar-refractivity contribution in [2.24, 2.45) is 17.3 Å². The van der Waals surface area contributed by atoms with Gasteiger partial charge in [0.2, 0.25) is 0 Å². The number of carboxylic acid groups (broad SMARTS) is 1. The SMILES string of the molecule is C[C@H](c1ccc(Cl)cc1Cl)n1cnc2ncc(N3CC([C@H]4CCCN(C5CC(C)(C(=O)O)C5)C4)C3)nc21. The van der Waals surface area contributed by atoms with Crippen molar-refractivity contribution in [1.29, 1.82) is 0 Å². The molecule has 0 radical (unpaired) electrons. The van der Waals surface area contributed by atoms with Crippen LogP contribution in [-0.2, 0) is 4.79 Å². The first-order valence-corrected chi connectivity index (χ1v) is 13.8. The number of halogens is 2. The highest BCUT2D eigenvalue weighted by Crippen LogP contribution is 2.45. The minimum Gasteiger partial charge on any atom is -0.481 e. The Morgan fingerprint density at radius 3 is 2.68 bits per heavy atom. The van der Waals surface area contributed by atoms with Crippen molar-refractivity contribution in [3.63, 3.8) is 0 Å². The largest absolute Gasteiger partial charge is 0.481 e. The van der Waals surface area contributed by atoms with Crippen LogP contribution in [0.4, 0.5) is 5.82 Å². The minimum absolute atomic E-state index is 0.0637. The standard InChI is InChI=1S/C27H32Cl2N6O2/c1-16(21-6-5-19(28)8-22(21)29)35-15-31-24-25(35)32-23(11-30-24)34-13-18(14-34)17-4-3-7-33(12-17)20-9-27(2,10-20)26(36)37/h5-6,8,11,15-18,20H,3-4,7,9-10,12-14H2,1-2H3,(H,36,37)/t16-,17+,20?,27?/m1/s1. The van der Waals surface area contributed by atoms with Crippen LogP contribution < -0.4 is 4.90 Å². The Bertz CT molecular complexity index is 1330. The molecule has 0 spiro atoms. The average Bonchev–Trinajstić information content (AvgIpc) is 3.24. The third-order valence-electron chi connectivity index (χ3n) is 8.90. The number of hydrogen-bond donors (Lipinski definition) is 1. The van der Waals surface area contributed by atoms with Crippen molar-refractivity contribution >= 4 is 46.3 Å². The molecule has 10 heteroatoms. The number of fused-ring (bicyclic) bond motifs is 1. The maximum atomic E-state index is 11.5. The summed E-state index contributed by atoms with van der Waals surface area (Å²) in [5.74, 6) is 1.50. The van der Waals surface area contributed by atoms with Crippen LogP contribution in [0.5, 0.6) is 0 Å². The van der Waals surface area contributed by atoms with E-state index in [2.05, 4.69) is 26.7 Å². The van der Waals surface area contributed by atoms with Crippen molar-refractivity contribution in [2.45, 2.75) is 51.6 Å². The fourth-order valence-corrected chi connectivity index (χ4v) is 6.96. The lowest BCUT2D eigenvalue weighted by atomic mass is 9.65. The van der Waals surface area contributed by atoms with Gasteiger partial charge in [-0.3, -0.25) is 4.79 Å². The van der Waals surface area contributed by atoms with E-state index in [9.17, 15) is 9.90 Å². The fraction of sp³-hybridized carbons (Fsp3) is 0.556. The molecule has 0 amide bonds. The van der Waals surface area contributed by atoms with E-state index in [1.165, 1.54) is 12.8 Å². The van der Waals surface area contributed by atoms with Gasteiger partial charge in [0.1, 0.15) is 5.82 Å². The molecule has 1 aromatic carbocycles. The lowest BCUT2D eigenvalue weighted by molar-refractivity contribution is -0.158. The Morgan fingerprint density at radius 1 is 1.16 bits per heavy atom. The Morgan fingerprint density at radius 2 is 1.95 bits per heavy atom. The molecule has 8 nitrogen and oxygen atoms in total. The number of aliphatic carboxylic acids is 1. The van der Waals surface area contributed by atoms with Crippen molar-refractivity contribution in [3.8, 4) is 0 Å². The number of piperidine rings is 1. The first kappa shape index (κ1) is 24.9. The number of anilines is 1. The second-order valence-corrected chi connectivity index (χ2v) is 12.2. The number of hydrogen-bond acceptors (Lipinski definition) is 6. The molecule has 1 saturated carbocycles. The summed E-state index contributed by atoms with van der Waals surface area (Å²) < 4.78 is 2.01. The van der Waals surface area contributed by atoms with Crippen molar-refractivity contribution in [2.75, 3.05) is 31.1 Å². The second kappa shape index (κ2) is 9.40. The Balaban J connectivity index is 1.11. The molecule has 2 aliphatic heterocycles. The molecular weight excluding hydrogens is 511 g/mol. The van der Waals surface area contributed by atoms with Gasteiger partial charge in [-0.05, 0) is 75.6 Å². The summed E-state index contributed by atoms with van der Waals surface area (Å²) in [6.45, 7) is 8.07. The summed E-state index contributed by atoms with van der Waals surface area (Å²) in [7, 11) is 0. The van der Waals surface area contributed by atoms with Crippen LogP contribution in [0.1, 0.15) is 51.1 Å². The first-order chi connectivity index (χ1) is 17.7. The number of carbonyl (C=O) groups is 1. The molecule has 2 atom stereocenters. The predicted molar refractivity (Wildman–Crippen MR) is 144 cm³/mol. The van der Waals surface area contributed by atoms with E-state index in [4.69, 9.17) is 28.2 Å². The van der Waals surface area contributed by atoms with E-state index in [0.29, 0.717) is 33.6 Å². The van der Waals surface area contributed by atoms with Crippen LogP contribution in [0.15, 0.2) is 30.7 Å². The van der Waals surface area contributed by atoms with Crippen LogP contribution in [-0.4, -0.2) is 67.7 Å². The summed E-state index contributed by atoms with van der Waals surface area (Å²) in [5, 5.41) is 10.7. The quantitative estimate of drug-likeness (QED) is 0.461. The van der Waals surface area contributed by atoms with Crippen LogP contribution in [0.3, 0.4) is 0 Å². The minimum atomic E-state index is -0.656. The molecule has 3 aromatic rings. The number of rotatable bonds is 6. The summed E-state index contributed by atoms with van der Waals surface area (Å²) in [6, 6.07) is 5.90. The van der Waals surface area contributed by atoms with Crippen molar-refractivity contribution in [1.82, 2.24) is 24.4 Å². The fourth-order valence-electron chi connectivity index (χ4n) is 6.39. The van der Waals surface area contributed by atoms with Crippen LogP contribution in [0.2, 0.25) is 10.0 Å². The smallest absolute Gasteiger partial charge is 0.309 e. The molecule has 2 aromatic heterocycles. The molecule has 6 rings (SSSR count). The maximum absolute atomic E-state index is 11.5. The molecule has 3 fully saturated rings. The van der Waals surface area contributed by atoms with Crippen molar-refractivity contribution < 1.29 is 9.90 Å². The lowest BCUT2D eigenvalue weighted by Crippen LogP contribution is -2.58. The van der Waals surface area contributed by atoms with E-state index >= 15 is 0 Å². The molecule has 4 heterocycles. The first-order valence-electron chi connectivity index (χ1n) is 13.1. The third-order valence-corrected chi connectivity index (χ3v) is 9.46. The maximum Gasteiger partial charge on any atom is 0.309 e. The Labute approximate surface area is 226 Å². The molecule has 1 N–H and O–H groups in total. The van der Waals surface area contributed by atoms with Gasteiger partial charge < -0.3 is 19.5 Å². The number of benzene rings is 1. The molecule has 1 aliphatic carbocycles. The summed E-state index contributed by atoms with van der Waals surface area (Å²) in [5.41, 5.74) is 1.79. The molecule has 2 saturated heterocycles. The van der Waals surface area contributed by atoms with Crippen LogP contribution >= 0.6 is 23.2 Å². The van der Waals surface area contributed by atoms with Crippen molar-refractivity contribution in [3.05, 3.63) is 46.3 Å². The van der Waals surface area contributed by atoms with Gasteiger partial charge in [0.15, 0.2) is 11.3 Å². The molecule has 196 valence electrons. The lowest BCUT2D eigenvalue weighted by Gasteiger charge is -2.52. The summed E-state index contributed by atoms with van der Waals surface area (Å²) in [4.78, 5) is 30.4. The van der Waals surface area contributed by atoms with Gasteiger partial charge in [0.25, 0.3) is 0 Å². The number of imidazole rings is 1. The average molecular weight is 543 g/mol. The number of aromatic nitrogens is 4. The number of carboxylic acids is 1. The zero-order chi connectivity index (χ0) is 25.9. The van der Waals surface area contributed by atoms with Gasteiger partial charge in [-0.1, -0.05) is 29.3 Å². The van der Waals surface area contributed by atoms with Gasteiger partial charge >= 0.3 is 5.97 Å². The van der Waals surface area contributed by atoms with Crippen LogP contribution in [0.25, 0.3) is 11.3 Å². The Hall–Kier alpha value is -2.42. The molecule has 37 heavy (non-hydrogen) atoms. The van der Waals surface area contributed by atoms with Gasteiger partial charge in [-0.15, -0.1) is 0 Å². The summed E-state index contributed by atoms with van der Waals surface area (Å²) in [6.07, 6.45) is 7.58.